The van der Waals surface area contributed by atoms with E-state index in [2.05, 4.69) is 47.5 Å². The molecule has 0 radical (unpaired) electrons. The summed E-state index contributed by atoms with van der Waals surface area (Å²) in [6.07, 6.45) is 5.10. The average Bonchev–Trinajstić information content (AvgIpc) is 2.67. The monoisotopic (exact) mass is 402 g/mol. The molecule has 1 unspecified atom stereocenters. The van der Waals surface area contributed by atoms with E-state index in [9.17, 15) is 8.42 Å². The molecule has 0 N–H and O–H groups in total. The molecule has 0 bridgehead atoms. The third-order valence-corrected chi connectivity index (χ3v) is 6.49. The predicted molar refractivity (Wildman–Crippen MR) is 114 cm³/mol. The van der Waals surface area contributed by atoms with Crippen LogP contribution in [0.5, 0.6) is 0 Å². The second-order valence-corrected chi connectivity index (χ2v) is 10.2. The zero-order valence-corrected chi connectivity index (χ0v) is 18.1. The third kappa shape index (κ3) is 4.46. The summed E-state index contributed by atoms with van der Waals surface area (Å²) in [5, 5.41) is 0. The van der Waals surface area contributed by atoms with Crippen LogP contribution in [0, 0.1) is 5.92 Å². The smallest absolute Gasteiger partial charge is 0.225 e. The molecule has 0 aliphatic carbocycles. The van der Waals surface area contributed by atoms with Crippen LogP contribution in [0.3, 0.4) is 0 Å². The summed E-state index contributed by atoms with van der Waals surface area (Å²) in [7, 11) is -3.22. The first-order valence-electron chi connectivity index (χ1n) is 9.80. The number of hydrogen-bond acceptors (Lipinski definition) is 6. The molecule has 6 nitrogen and oxygen atoms in total. The lowest BCUT2D eigenvalue weighted by atomic mass is 9.99. The van der Waals surface area contributed by atoms with Gasteiger partial charge in [-0.15, -0.1) is 0 Å². The molecule has 2 heterocycles. The van der Waals surface area contributed by atoms with Crippen molar-refractivity contribution < 1.29 is 8.42 Å². The minimum atomic E-state index is -3.22. The van der Waals surface area contributed by atoms with Gasteiger partial charge in [0.1, 0.15) is 0 Å². The molecule has 1 aliphatic rings. The summed E-state index contributed by atoms with van der Waals surface area (Å²) in [6, 6.07) is 7.47. The third-order valence-electron chi connectivity index (χ3n) is 5.38. The molecule has 1 fully saturated rings. The maximum Gasteiger partial charge on any atom is 0.225 e. The summed E-state index contributed by atoms with van der Waals surface area (Å²) < 4.78 is 23.8. The fourth-order valence-corrected chi connectivity index (χ4v) is 4.21. The Balaban J connectivity index is 1.83. The number of nitrogens with zero attached hydrogens (tertiary/aromatic N) is 4. The van der Waals surface area contributed by atoms with Crippen molar-refractivity contribution in [1.82, 2.24) is 9.97 Å². The van der Waals surface area contributed by atoms with Crippen molar-refractivity contribution in [1.29, 1.82) is 0 Å². The molecule has 3 rings (SSSR count). The number of benzene rings is 1. The highest BCUT2D eigenvalue weighted by molar-refractivity contribution is 7.90. The van der Waals surface area contributed by atoms with Gasteiger partial charge in [0.05, 0.1) is 10.9 Å². The van der Waals surface area contributed by atoms with Crippen LogP contribution >= 0.6 is 0 Å². The van der Waals surface area contributed by atoms with Crippen molar-refractivity contribution in [2.24, 2.45) is 5.92 Å². The minimum absolute atomic E-state index is 0.250. The molecule has 0 amide bonds. The molecule has 0 saturated carbocycles. The standard InChI is InChI=1S/C21H30N4O2S/c1-15(2)17-12-22-21(23-13-17)25-10-9-24(14-20(25)16(3)4)18-7-6-8-19(11-18)28(5,26)27/h6-8,11-13,15-16,20H,9-10,14H2,1-5H3. The van der Waals surface area contributed by atoms with Crippen LogP contribution in [0.1, 0.15) is 39.2 Å². The van der Waals surface area contributed by atoms with Crippen LogP contribution < -0.4 is 9.80 Å². The Bertz CT molecular complexity index is 910. The summed E-state index contributed by atoms with van der Waals surface area (Å²) >= 11 is 0. The van der Waals surface area contributed by atoms with Gasteiger partial charge in [-0.25, -0.2) is 18.4 Å². The summed E-state index contributed by atoms with van der Waals surface area (Å²) in [5.74, 6) is 1.59. The molecule has 28 heavy (non-hydrogen) atoms. The predicted octanol–water partition coefficient (Wildman–Crippen LogP) is 3.35. The molecule has 7 heteroatoms. The number of aromatic nitrogens is 2. The lowest BCUT2D eigenvalue weighted by Gasteiger charge is -2.44. The van der Waals surface area contributed by atoms with Gasteiger partial charge in [-0.3, -0.25) is 0 Å². The van der Waals surface area contributed by atoms with Crippen LogP contribution in [-0.4, -0.2) is 50.3 Å². The number of hydrogen-bond donors (Lipinski definition) is 0. The molecular weight excluding hydrogens is 372 g/mol. The lowest BCUT2D eigenvalue weighted by Crippen LogP contribution is -2.56. The zero-order chi connectivity index (χ0) is 20.5. The molecule has 1 aromatic heterocycles. The topological polar surface area (TPSA) is 66.4 Å². The first-order valence-corrected chi connectivity index (χ1v) is 11.7. The van der Waals surface area contributed by atoms with Gasteiger partial charge >= 0.3 is 0 Å². The lowest BCUT2D eigenvalue weighted by molar-refractivity contribution is 0.413. The molecule has 1 aliphatic heterocycles. The quantitative estimate of drug-likeness (QED) is 0.764. The van der Waals surface area contributed by atoms with E-state index in [0.717, 1.165) is 36.8 Å². The highest BCUT2D eigenvalue weighted by Gasteiger charge is 2.31. The number of anilines is 2. The van der Waals surface area contributed by atoms with Gasteiger partial charge < -0.3 is 9.80 Å². The van der Waals surface area contributed by atoms with E-state index < -0.39 is 9.84 Å². The van der Waals surface area contributed by atoms with Gasteiger partial charge in [0.15, 0.2) is 9.84 Å². The maximum absolute atomic E-state index is 11.9. The van der Waals surface area contributed by atoms with Crippen molar-refractivity contribution in [2.45, 2.75) is 44.6 Å². The van der Waals surface area contributed by atoms with E-state index in [1.54, 1.807) is 12.1 Å². The molecule has 1 atom stereocenters. The summed E-state index contributed by atoms with van der Waals surface area (Å²) in [6.45, 7) is 11.1. The number of sulfone groups is 1. The van der Waals surface area contributed by atoms with Gasteiger partial charge in [0.25, 0.3) is 0 Å². The minimum Gasteiger partial charge on any atom is -0.368 e. The summed E-state index contributed by atoms with van der Waals surface area (Å²) in [4.78, 5) is 14.1. The molecule has 2 aromatic rings. The van der Waals surface area contributed by atoms with Gasteiger partial charge in [0.2, 0.25) is 5.95 Å². The van der Waals surface area contributed by atoms with Gasteiger partial charge in [-0.2, -0.15) is 0 Å². The number of rotatable bonds is 5. The molecular formula is C21H30N4O2S. The van der Waals surface area contributed by atoms with Crippen LogP contribution in [0.25, 0.3) is 0 Å². The molecule has 152 valence electrons. The van der Waals surface area contributed by atoms with Crippen molar-refractivity contribution in [2.75, 3.05) is 35.7 Å². The second-order valence-electron chi connectivity index (χ2n) is 8.19. The van der Waals surface area contributed by atoms with Crippen molar-refractivity contribution >= 4 is 21.5 Å². The Morgan fingerprint density at radius 1 is 1.07 bits per heavy atom. The zero-order valence-electron chi connectivity index (χ0n) is 17.3. The normalized spacial score (nSPS) is 18.2. The Morgan fingerprint density at radius 2 is 1.75 bits per heavy atom. The van der Waals surface area contributed by atoms with Gasteiger partial charge in [0, 0.05) is 44.0 Å². The second kappa shape index (κ2) is 8.07. The van der Waals surface area contributed by atoms with Gasteiger partial charge in [-0.1, -0.05) is 33.8 Å². The summed E-state index contributed by atoms with van der Waals surface area (Å²) in [5.41, 5.74) is 2.09. The Labute approximate surface area is 168 Å². The van der Waals surface area contributed by atoms with E-state index >= 15 is 0 Å². The van der Waals surface area contributed by atoms with E-state index in [-0.39, 0.29) is 6.04 Å². The van der Waals surface area contributed by atoms with Crippen molar-refractivity contribution in [3.8, 4) is 0 Å². The molecule has 1 saturated heterocycles. The highest BCUT2D eigenvalue weighted by Crippen LogP contribution is 2.27. The molecule has 1 aromatic carbocycles. The fraction of sp³-hybridized carbons (Fsp3) is 0.524. The maximum atomic E-state index is 11.9. The largest absolute Gasteiger partial charge is 0.368 e. The average molecular weight is 403 g/mol. The van der Waals surface area contributed by atoms with Crippen LogP contribution in [-0.2, 0) is 9.84 Å². The van der Waals surface area contributed by atoms with E-state index in [4.69, 9.17) is 0 Å². The van der Waals surface area contributed by atoms with Crippen molar-refractivity contribution in [3.05, 3.63) is 42.2 Å². The van der Waals surface area contributed by atoms with E-state index in [0.29, 0.717) is 16.7 Å². The first kappa shape index (κ1) is 20.6. The highest BCUT2D eigenvalue weighted by atomic mass is 32.2. The van der Waals surface area contributed by atoms with Gasteiger partial charge in [-0.05, 0) is 35.6 Å². The van der Waals surface area contributed by atoms with Crippen molar-refractivity contribution in [3.63, 3.8) is 0 Å². The number of piperazine rings is 1. The molecule has 0 spiro atoms. The Kier molecular flexibility index (Phi) is 5.93. The van der Waals surface area contributed by atoms with Crippen LogP contribution in [0.15, 0.2) is 41.6 Å². The Morgan fingerprint density at radius 3 is 2.32 bits per heavy atom. The van der Waals surface area contributed by atoms with Crippen LogP contribution in [0.2, 0.25) is 0 Å². The van der Waals surface area contributed by atoms with E-state index in [1.165, 1.54) is 6.26 Å². The Hall–Kier alpha value is -2.15. The van der Waals surface area contributed by atoms with E-state index in [1.807, 2.05) is 24.5 Å². The fourth-order valence-electron chi connectivity index (χ4n) is 3.55. The van der Waals surface area contributed by atoms with Crippen LogP contribution in [0.4, 0.5) is 11.6 Å². The first-order chi connectivity index (χ1) is 13.2. The SMILES string of the molecule is CC(C)c1cnc(N2CCN(c3cccc(S(C)(=O)=O)c3)CC2C(C)C)nc1.